The predicted octanol–water partition coefficient (Wildman–Crippen LogP) is 4.64. The van der Waals surface area contributed by atoms with E-state index in [1.54, 1.807) is 30.6 Å². The van der Waals surface area contributed by atoms with E-state index in [4.69, 9.17) is 32.5 Å². The summed E-state index contributed by atoms with van der Waals surface area (Å²) in [7, 11) is 3.04. The summed E-state index contributed by atoms with van der Waals surface area (Å²) in [6.45, 7) is 0.715. The quantitative estimate of drug-likeness (QED) is 0.235. The van der Waals surface area contributed by atoms with Crippen LogP contribution in [-0.2, 0) is 12.8 Å². The summed E-state index contributed by atoms with van der Waals surface area (Å²) in [6.07, 6.45) is 7.82. The number of aromatic nitrogens is 3. The van der Waals surface area contributed by atoms with Gasteiger partial charge in [0.2, 0.25) is 5.95 Å². The number of ether oxygens (including phenoxy) is 2. The third-order valence-electron chi connectivity index (χ3n) is 6.88. The van der Waals surface area contributed by atoms with Crippen molar-refractivity contribution < 1.29 is 14.3 Å². The first-order valence-corrected chi connectivity index (χ1v) is 13.0. The number of benzene rings is 2. The Bertz CT molecular complexity index is 1570. The molecule has 0 saturated carbocycles. The number of methoxy groups -OCH3 is 2. The highest BCUT2D eigenvalue weighted by atomic mass is 35.5. The molecule has 1 atom stereocenters. The van der Waals surface area contributed by atoms with Crippen molar-refractivity contribution in [1.29, 1.82) is 0 Å². The fraction of sp³-hybridized carbons (Fsp3) is 0.200. The molecule has 1 aliphatic heterocycles. The first-order chi connectivity index (χ1) is 19.4. The smallest absolute Gasteiger partial charge is 0.221 e. The Labute approximate surface area is 237 Å². The molecule has 9 nitrogen and oxygen atoms in total. The molecule has 5 rings (SSSR count). The molecule has 204 valence electrons. The Morgan fingerprint density at radius 2 is 1.93 bits per heavy atom. The Kier molecular flexibility index (Phi) is 7.84. The van der Waals surface area contributed by atoms with Crippen molar-refractivity contribution in [3.63, 3.8) is 0 Å². The minimum atomic E-state index is -0.236. The Morgan fingerprint density at radius 1 is 1.10 bits per heavy atom. The van der Waals surface area contributed by atoms with E-state index in [-0.39, 0.29) is 23.6 Å². The molecule has 1 aliphatic rings. The molecule has 0 fully saturated rings. The Hall–Kier alpha value is -4.63. The molecule has 4 N–H and O–H groups in total. The topological polar surface area (TPSA) is 129 Å². The zero-order valence-electron chi connectivity index (χ0n) is 22.2. The predicted molar refractivity (Wildman–Crippen MR) is 155 cm³/mol. The van der Waals surface area contributed by atoms with Gasteiger partial charge >= 0.3 is 0 Å². The van der Waals surface area contributed by atoms with Crippen LogP contribution in [0.1, 0.15) is 44.3 Å². The number of rotatable bonds is 8. The van der Waals surface area contributed by atoms with Gasteiger partial charge in [-0.15, -0.1) is 0 Å². The van der Waals surface area contributed by atoms with Gasteiger partial charge in [-0.3, -0.25) is 9.78 Å². The van der Waals surface area contributed by atoms with Crippen LogP contribution >= 0.6 is 11.6 Å². The normalized spacial score (nSPS) is 14.7. The van der Waals surface area contributed by atoms with Crippen LogP contribution in [0.25, 0.3) is 0 Å². The second-order valence-corrected chi connectivity index (χ2v) is 9.80. The minimum absolute atomic E-state index is 0.0991. The van der Waals surface area contributed by atoms with Gasteiger partial charge in [-0.2, -0.15) is 4.98 Å². The number of fused-ring (bicyclic) bond motifs is 1. The number of allylic oxidation sites excluding steroid dienone is 1. The highest BCUT2D eigenvalue weighted by molar-refractivity contribution is 6.30. The largest absolute Gasteiger partial charge is 0.493 e. The van der Waals surface area contributed by atoms with Crippen LogP contribution in [0.4, 0.5) is 11.8 Å². The third kappa shape index (κ3) is 5.55. The van der Waals surface area contributed by atoms with Crippen molar-refractivity contribution in [2.24, 2.45) is 0 Å². The summed E-state index contributed by atoms with van der Waals surface area (Å²) in [5.41, 5.74) is 16.8. The fourth-order valence-electron chi connectivity index (χ4n) is 4.97. The van der Waals surface area contributed by atoms with Gasteiger partial charge in [0.1, 0.15) is 5.82 Å². The zero-order valence-corrected chi connectivity index (χ0v) is 22.9. The summed E-state index contributed by atoms with van der Waals surface area (Å²) < 4.78 is 11.2. The molecule has 4 aromatic rings. The number of anilines is 2. The summed E-state index contributed by atoms with van der Waals surface area (Å²) in [6, 6.07) is 15.4. The van der Waals surface area contributed by atoms with Gasteiger partial charge in [-0.1, -0.05) is 35.9 Å². The highest BCUT2D eigenvalue weighted by Crippen LogP contribution is 2.36. The SMILES string of the molecule is COc1cc(Cc2cnc(N)nc2N)cc(C(=O)C=CN2CCc3ccccc3C2c2ccc(Cl)cn2)c1OC. The number of hydrogen-bond donors (Lipinski definition) is 2. The van der Waals surface area contributed by atoms with Gasteiger partial charge in [0.15, 0.2) is 17.3 Å². The van der Waals surface area contributed by atoms with Gasteiger partial charge in [0.05, 0.1) is 36.5 Å². The van der Waals surface area contributed by atoms with E-state index >= 15 is 0 Å². The van der Waals surface area contributed by atoms with Crippen molar-refractivity contribution in [1.82, 2.24) is 19.9 Å². The van der Waals surface area contributed by atoms with Crippen LogP contribution in [0.3, 0.4) is 0 Å². The van der Waals surface area contributed by atoms with E-state index in [2.05, 4.69) is 32.0 Å². The second-order valence-electron chi connectivity index (χ2n) is 9.36. The van der Waals surface area contributed by atoms with E-state index in [1.165, 1.54) is 19.8 Å². The van der Waals surface area contributed by atoms with Crippen LogP contribution in [-0.4, -0.2) is 46.4 Å². The van der Waals surface area contributed by atoms with Crippen LogP contribution in [0, 0.1) is 0 Å². The maximum Gasteiger partial charge on any atom is 0.221 e. The molecular weight excluding hydrogens is 528 g/mol. The first-order valence-electron chi connectivity index (χ1n) is 12.7. The number of carbonyl (C=O) groups is 1. The maximum atomic E-state index is 13.6. The van der Waals surface area contributed by atoms with Crippen molar-refractivity contribution in [2.75, 3.05) is 32.2 Å². The molecule has 1 unspecified atom stereocenters. The minimum Gasteiger partial charge on any atom is -0.493 e. The molecule has 0 radical (unpaired) electrons. The number of pyridine rings is 1. The molecule has 10 heteroatoms. The van der Waals surface area contributed by atoms with Gasteiger partial charge < -0.3 is 25.8 Å². The lowest BCUT2D eigenvalue weighted by atomic mass is 9.90. The van der Waals surface area contributed by atoms with Crippen molar-refractivity contribution in [2.45, 2.75) is 18.9 Å². The fourth-order valence-corrected chi connectivity index (χ4v) is 5.09. The van der Waals surface area contributed by atoms with Crippen LogP contribution < -0.4 is 20.9 Å². The molecule has 0 spiro atoms. The molecule has 3 heterocycles. The summed E-state index contributed by atoms with van der Waals surface area (Å²) in [4.78, 5) is 28.4. The average Bonchev–Trinajstić information content (AvgIpc) is 2.97. The number of nitrogens with zero attached hydrogens (tertiary/aromatic N) is 4. The van der Waals surface area contributed by atoms with Crippen molar-refractivity contribution in [3.05, 3.63) is 112 Å². The second kappa shape index (κ2) is 11.6. The van der Waals surface area contributed by atoms with E-state index in [0.29, 0.717) is 40.6 Å². The number of nitrogens with two attached hydrogens (primary N) is 2. The molecule has 2 aromatic carbocycles. The van der Waals surface area contributed by atoms with Gasteiger partial charge in [0, 0.05) is 43.2 Å². The number of ketones is 1. The number of carbonyl (C=O) groups excluding carboxylic acids is 1. The first kappa shape index (κ1) is 27.0. The van der Waals surface area contributed by atoms with Crippen molar-refractivity contribution >= 4 is 29.2 Å². The number of halogens is 1. The summed E-state index contributed by atoms with van der Waals surface area (Å²) in [5.74, 6) is 0.925. The summed E-state index contributed by atoms with van der Waals surface area (Å²) in [5, 5.41) is 0.568. The Morgan fingerprint density at radius 3 is 2.65 bits per heavy atom. The standard InChI is InChI=1S/C30H29ClN6O3/c1-39-26-15-18(13-20-16-35-30(33)36-29(20)32)14-23(28(26)40-2)25(38)10-12-37-11-9-19-5-3-4-6-22(19)27(37)24-8-7-21(31)17-34-24/h3-8,10,12,14-17,27H,9,11,13H2,1-2H3,(H4,32,33,35,36). The summed E-state index contributed by atoms with van der Waals surface area (Å²) >= 11 is 6.11. The molecule has 40 heavy (non-hydrogen) atoms. The van der Waals surface area contributed by atoms with Crippen molar-refractivity contribution in [3.8, 4) is 11.5 Å². The van der Waals surface area contributed by atoms with Crippen LogP contribution in [0.15, 0.2) is 73.2 Å². The molecule has 0 aliphatic carbocycles. The molecule has 0 amide bonds. The molecular formula is C30H29ClN6O3. The van der Waals surface area contributed by atoms with Gasteiger partial charge in [-0.05, 0) is 47.4 Å². The highest BCUT2D eigenvalue weighted by Gasteiger charge is 2.28. The monoisotopic (exact) mass is 556 g/mol. The van der Waals surface area contributed by atoms with E-state index in [0.717, 1.165) is 23.2 Å². The van der Waals surface area contributed by atoms with E-state index < -0.39 is 0 Å². The molecule has 2 aromatic heterocycles. The van der Waals surface area contributed by atoms with E-state index in [1.807, 2.05) is 30.5 Å². The van der Waals surface area contributed by atoms with Gasteiger partial charge in [0.25, 0.3) is 0 Å². The third-order valence-corrected chi connectivity index (χ3v) is 7.11. The number of nitrogen functional groups attached to an aromatic ring is 2. The van der Waals surface area contributed by atoms with Gasteiger partial charge in [-0.25, -0.2) is 4.98 Å². The van der Waals surface area contributed by atoms with E-state index in [9.17, 15) is 4.79 Å². The molecule has 0 bridgehead atoms. The lowest BCUT2D eigenvalue weighted by Crippen LogP contribution is -2.32. The maximum absolute atomic E-state index is 13.6. The Balaban J connectivity index is 1.48. The average molecular weight is 557 g/mol. The number of hydrogen-bond acceptors (Lipinski definition) is 9. The molecule has 0 saturated heterocycles. The zero-order chi connectivity index (χ0) is 28.2. The van der Waals surface area contributed by atoms with Crippen LogP contribution in [0.2, 0.25) is 5.02 Å². The lowest BCUT2D eigenvalue weighted by molar-refractivity contribution is 0.104. The van der Waals surface area contributed by atoms with Crippen LogP contribution in [0.5, 0.6) is 11.5 Å². The lowest BCUT2D eigenvalue weighted by Gasteiger charge is -2.36.